The average Bonchev–Trinajstić information content (AvgIpc) is 2.10. The van der Waals surface area contributed by atoms with Crippen LogP contribution in [0, 0.1) is 5.41 Å². The van der Waals surface area contributed by atoms with Gasteiger partial charge in [-0.3, -0.25) is 10.2 Å². The summed E-state index contributed by atoms with van der Waals surface area (Å²) in [6.07, 6.45) is 0.931. The van der Waals surface area contributed by atoms with Gasteiger partial charge >= 0.3 is 41.5 Å². The Labute approximate surface area is 116 Å². The number of ether oxygens (including phenoxy) is 1. The Morgan fingerprint density at radius 2 is 2.06 bits per heavy atom. The molecule has 1 atom stereocenters. The number of rotatable bonds is 5. The van der Waals surface area contributed by atoms with Crippen LogP contribution < -0.4 is 16.8 Å². The first-order valence-corrected chi connectivity index (χ1v) is 4.49. The molecule has 0 aliphatic rings. The zero-order valence-electron chi connectivity index (χ0n) is 8.58. The van der Waals surface area contributed by atoms with Gasteiger partial charge < -0.3 is 21.5 Å². The summed E-state index contributed by atoms with van der Waals surface area (Å²) >= 11 is 0. The monoisotopic (exact) mass is 240 g/mol. The Morgan fingerprint density at radius 3 is 2.50 bits per heavy atom. The molecule has 6 N–H and O–H groups in total. The molecule has 0 aliphatic heterocycles. The Kier molecular flexibility index (Phi) is 10.6. The van der Waals surface area contributed by atoms with Gasteiger partial charge in [-0.1, -0.05) is 0 Å². The summed E-state index contributed by atoms with van der Waals surface area (Å²) in [5, 5.41) is 9.42. The third kappa shape index (κ3) is 9.91. The molecular formula is C8H17N4NaO3. The normalized spacial score (nSPS) is 10.9. The van der Waals surface area contributed by atoms with Gasteiger partial charge in [-0.15, -0.1) is 0 Å². The molecule has 0 saturated carbocycles. The van der Waals surface area contributed by atoms with E-state index < -0.39 is 18.0 Å². The van der Waals surface area contributed by atoms with Gasteiger partial charge in [0.25, 0.3) is 0 Å². The third-order valence-electron chi connectivity index (χ3n) is 1.55. The maximum absolute atomic E-state index is 11.0. The van der Waals surface area contributed by atoms with Crippen molar-refractivity contribution >= 4 is 47.5 Å². The minimum absolute atomic E-state index is 0. The van der Waals surface area contributed by atoms with Crippen molar-refractivity contribution in [1.82, 2.24) is 5.32 Å². The van der Waals surface area contributed by atoms with Crippen LogP contribution in [0.25, 0.3) is 0 Å². The van der Waals surface area contributed by atoms with E-state index in [4.69, 9.17) is 16.9 Å². The number of guanidine groups is 1. The summed E-state index contributed by atoms with van der Waals surface area (Å²) < 4.78 is 4.30. The van der Waals surface area contributed by atoms with Crippen LogP contribution in [0.5, 0.6) is 0 Å². The Bertz CT molecular complexity index is 260. The fraction of sp³-hybridized carbons (Fsp3) is 0.625. The van der Waals surface area contributed by atoms with E-state index in [1.807, 2.05) is 0 Å². The zero-order chi connectivity index (χ0) is 11.8. The van der Waals surface area contributed by atoms with Gasteiger partial charge in [-0.2, -0.15) is 0 Å². The second-order valence-corrected chi connectivity index (χ2v) is 3.00. The van der Waals surface area contributed by atoms with Crippen LogP contribution in [0.15, 0.2) is 0 Å². The fourth-order valence-electron chi connectivity index (χ4n) is 0.880. The van der Waals surface area contributed by atoms with Crippen molar-refractivity contribution < 1.29 is 14.3 Å². The van der Waals surface area contributed by atoms with Crippen molar-refractivity contribution in [2.45, 2.75) is 25.8 Å². The van der Waals surface area contributed by atoms with Crippen molar-refractivity contribution in [3.05, 3.63) is 0 Å². The van der Waals surface area contributed by atoms with E-state index in [-0.39, 0.29) is 35.5 Å². The number of nitrogens with one attached hydrogen (secondary N) is 2. The third-order valence-corrected chi connectivity index (χ3v) is 1.55. The summed E-state index contributed by atoms with van der Waals surface area (Å²) in [6.45, 7) is 1.60. The van der Waals surface area contributed by atoms with E-state index in [1.165, 1.54) is 0 Å². The van der Waals surface area contributed by atoms with Crippen LogP contribution in [-0.4, -0.2) is 60.0 Å². The van der Waals surface area contributed by atoms with Gasteiger partial charge in [0.2, 0.25) is 0 Å². The number of hydrogen-bond acceptors (Lipinski definition) is 5. The summed E-state index contributed by atoms with van der Waals surface area (Å²) in [7, 11) is 0. The summed E-state index contributed by atoms with van der Waals surface area (Å²) in [6, 6.07) is -0.817. The molecule has 16 heavy (non-hydrogen) atoms. The van der Waals surface area contributed by atoms with Gasteiger partial charge in [0.15, 0.2) is 5.96 Å². The molecule has 0 saturated heterocycles. The number of hydrogen-bond donors (Lipinski definition) is 4. The first kappa shape index (κ1) is 17.8. The second kappa shape index (κ2) is 9.59. The minimum atomic E-state index is -0.817. The summed E-state index contributed by atoms with van der Waals surface area (Å²) in [4.78, 5) is 21.4. The molecule has 8 heteroatoms. The summed E-state index contributed by atoms with van der Waals surface area (Å²) in [5.74, 6) is -1.53. The zero-order valence-corrected chi connectivity index (χ0v) is 8.58. The second-order valence-electron chi connectivity index (χ2n) is 3.00. The molecule has 0 bridgehead atoms. The Balaban J connectivity index is 0. The van der Waals surface area contributed by atoms with Crippen LogP contribution >= 0.6 is 0 Å². The van der Waals surface area contributed by atoms with Gasteiger partial charge in [0, 0.05) is 13.5 Å². The van der Waals surface area contributed by atoms with Crippen molar-refractivity contribution in [2.24, 2.45) is 11.5 Å². The van der Waals surface area contributed by atoms with Gasteiger partial charge in [0.05, 0.1) is 0 Å². The molecule has 88 valence electrons. The van der Waals surface area contributed by atoms with Crippen molar-refractivity contribution in [3.63, 3.8) is 0 Å². The average molecular weight is 240 g/mol. The first-order chi connectivity index (χ1) is 6.93. The van der Waals surface area contributed by atoms with E-state index in [0.717, 1.165) is 6.92 Å². The number of carbonyl (C=O) groups is 2. The van der Waals surface area contributed by atoms with Crippen LogP contribution in [0.1, 0.15) is 19.8 Å². The van der Waals surface area contributed by atoms with E-state index in [9.17, 15) is 9.59 Å². The molecule has 0 radical (unpaired) electrons. The molecular weight excluding hydrogens is 223 g/mol. The van der Waals surface area contributed by atoms with Gasteiger partial charge in [-0.25, -0.2) is 4.79 Å². The van der Waals surface area contributed by atoms with E-state index in [2.05, 4.69) is 10.1 Å². The van der Waals surface area contributed by atoms with Crippen molar-refractivity contribution in [1.29, 1.82) is 5.41 Å². The molecule has 0 aliphatic carbocycles. The predicted octanol–water partition coefficient (Wildman–Crippen LogP) is -1.98. The summed E-state index contributed by atoms with van der Waals surface area (Å²) in [5.41, 5.74) is 10.5. The molecule has 0 rings (SSSR count). The Morgan fingerprint density at radius 1 is 1.50 bits per heavy atom. The number of carbonyl (C=O) groups excluding carboxylic acids is 2. The fourth-order valence-corrected chi connectivity index (χ4v) is 0.880. The number of esters is 2. The van der Waals surface area contributed by atoms with Crippen molar-refractivity contribution in [3.8, 4) is 0 Å². The standard InChI is InChI=1S/C8H16N4O3.Na.H/c1-5(13)15-7(14)6(9)3-2-4-12-8(10)11;;/h6H,2-4,9H2,1H3,(H4,10,11,12);;/t6-;;/m0../s1. The Hall–Kier alpha value is -0.630. The molecule has 7 nitrogen and oxygen atoms in total. The predicted molar refractivity (Wildman–Crippen MR) is 61.0 cm³/mol. The molecule has 0 amide bonds. The number of nitrogens with two attached hydrogens (primary N) is 2. The van der Waals surface area contributed by atoms with Crippen LogP contribution in [-0.2, 0) is 14.3 Å². The quantitative estimate of drug-likeness (QED) is 0.110. The SMILES string of the molecule is CC(=O)OC(=O)[C@@H](N)CCCNC(=N)N.[NaH]. The molecule has 0 heterocycles. The first-order valence-electron chi connectivity index (χ1n) is 4.49. The molecule has 0 aromatic carbocycles. The van der Waals surface area contributed by atoms with Crippen molar-refractivity contribution in [2.75, 3.05) is 6.54 Å². The van der Waals surface area contributed by atoms with Crippen LogP contribution in [0.2, 0.25) is 0 Å². The van der Waals surface area contributed by atoms with Gasteiger partial charge in [0.1, 0.15) is 6.04 Å². The van der Waals surface area contributed by atoms with E-state index >= 15 is 0 Å². The van der Waals surface area contributed by atoms with E-state index in [0.29, 0.717) is 19.4 Å². The van der Waals surface area contributed by atoms with E-state index in [1.54, 1.807) is 0 Å². The molecule has 0 fully saturated rings. The topological polar surface area (TPSA) is 131 Å². The molecule has 0 unspecified atom stereocenters. The van der Waals surface area contributed by atoms with Crippen LogP contribution in [0.3, 0.4) is 0 Å². The maximum atomic E-state index is 11.0. The molecule has 0 aromatic rings. The molecule has 0 spiro atoms. The van der Waals surface area contributed by atoms with Crippen LogP contribution in [0.4, 0.5) is 0 Å². The van der Waals surface area contributed by atoms with Gasteiger partial charge in [-0.05, 0) is 12.8 Å². The molecule has 0 aromatic heterocycles.